The normalized spacial score (nSPS) is 21.5. The maximum absolute atomic E-state index is 13.2. The van der Waals surface area contributed by atoms with Gasteiger partial charge in [0.1, 0.15) is 12.7 Å². The number of thioether (sulfide) groups is 1. The van der Waals surface area contributed by atoms with Crippen LogP contribution in [-0.4, -0.2) is 91.9 Å². The Labute approximate surface area is 272 Å². The third kappa shape index (κ3) is 14.0. The van der Waals surface area contributed by atoms with Gasteiger partial charge in [-0.25, -0.2) is 0 Å². The molecule has 0 N–H and O–H groups in total. The van der Waals surface area contributed by atoms with Crippen molar-refractivity contribution < 1.29 is 57.1 Å². The summed E-state index contributed by atoms with van der Waals surface area (Å²) in [7, 11) is 0. The fourth-order valence-electron chi connectivity index (χ4n) is 3.40. The van der Waals surface area contributed by atoms with Gasteiger partial charge in [0.15, 0.2) is 29.7 Å². The first-order valence-corrected chi connectivity index (χ1v) is 16.1. The molecule has 12 nitrogen and oxygen atoms in total. The quantitative estimate of drug-likeness (QED) is 0.155. The van der Waals surface area contributed by atoms with Crippen molar-refractivity contribution in [3.8, 4) is 0 Å². The minimum atomic E-state index is -1.30. The molecule has 0 aliphatic carbocycles. The zero-order valence-electron chi connectivity index (χ0n) is 29.2. The van der Waals surface area contributed by atoms with Crippen LogP contribution < -0.4 is 0 Å². The zero-order valence-corrected chi connectivity index (χ0v) is 30.0. The van der Waals surface area contributed by atoms with Gasteiger partial charge in [0.25, 0.3) is 0 Å². The number of carbonyl (C=O) groups is 5. The number of hydrogen-bond donors (Lipinski definition) is 0. The molecule has 0 amide bonds. The Morgan fingerprint density at radius 1 is 0.667 bits per heavy atom. The van der Waals surface area contributed by atoms with E-state index in [1.54, 1.807) is 83.1 Å². The van der Waals surface area contributed by atoms with E-state index < -0.39 is 82.8 Å². The van der Waals surface area contributed by atoms with Crippen molar-refractivity contribution in [2.24, 2.45) is 21.7 Å². The Kier molecular flexibility index (Phi) is 15.0. The highest BCUT2D eigenvalue weighted by Gasteiger charge is 2.56. The fourth-order valence-corrected chi connectivity index (χ4v) is 3.89. The van der Waals surface area contributed by atoms with E-state index in [1.165, 1.54) is 6.92 Å². The van der Waals surface area contributed by atoms with Gasteiger partial charge in [0.05, 0.1) is 41.5 Å². The molecule has 1 aliphatic heterocycles. The van der Waals surface area contributed by atoms with Crippen LogP contribution in [0, 0.1) is 21.7 Å². The Hall–Kier alpha value is -2.22. The standard InChI is InChI=1S/C32H54O12S/c1-19(33)45-17-16-38-14-15-39-24-23(44-28(37)32(11,12)13)22(43-27(36)31(8,9)10)21(42-24)20(41-26(35)30(5,6)7)18-40-25(34)29(2,3)4/h20-24H,14-18H2,1-13H3/t20-,21+,22+,23-,24-/m1/s1. The molecular formula is C32H54O12S. The average Bonchev–Trinajstić information content (AvgIpc) is 3.19. The molecule has 0 bridgehead atoms. The minimum absolute atomic E-state index is 0.00289. The second-order valence-corrected chi connectivity index (χ2v) is 16.3. The molecule has 1 fully saturated rings. The lowest BCUT2D eigenvalue weighted by Crippen LogP contribution is -2.50. The van der Waals surface area contributed by atoms with Crippen LogP contribution in [0.3, 0.4) is 0 Å². The van der Waals surface area contributed by atoms with Gasteiger partial charge in [-0.2, -0.15) is 0 Å². The fraction of sp³-hybridized carbons (Fsp3) is 0.844. The van der Waals surface area contributed by atoms with E-state index in [1.807, 2.05) is 0 Å². The van der Waals surface area contributed by atoms with Crippen LogP contribution in [0.5, 0.6) is 0 Å². The summed E-state index contributed by atoms with van der Waals surface area (Å²) < 4.78 is 40.9. The first kappa shape index (κ1) is 40.8. The van der Waals surface area contributed by atoms with Gasteiger partial charge in [-0.1, -0.05) is 11.8 Å². The third-order valence-electron chi connectivity index (χ3n) is 6.19. The lowest BCUT2D eigenvalue weighted by atomic mass is 9.95. The molecule has 0 aromatic heterocycles. The second kappa shape index (κ2) is 16.6. The summed E-state index contributed by atoms with van der Waals surface area (Å²) in [6, 6.07) is 0. The summed E-state index contributed by atoms with van der Waals surface area (Å²) in [4.78, 5) is 63.3. The highest BCUT2D eigenvalue weighted by Crippen LogP contribution is 2.35. The van der Waals surface area contributed by atoms with Crippen molar-refractivity contribution >= 4 is 40.8 Å². The zero-order chi connectivity index (χ0) is 35.0. The molecule has 5 atom stereocenters. The largest absolute Gasteiger partial charge is 0.461 e. The van der Waals surface area contributed by atoms with Crippen LogP contribution in [0.4, 0.5) is 0 Å². The number of ether oxygens (including phenoxy) is 7. The topological polar surface area (TPSA) is 150 Å². The van der Waals surface area contributed by atoms with Crippen LogP contribution in [0.2, 0.25) is 0 Å². The molecule has 1 saturated heterocycles. The first-order valence-electron chi connectivity index (χ1n) is 15.1. The highest BCUT2D eigenvalue weighted by atomic mass is 32.2. The maximum atomic E-state index is 13.2. The monoisotopic (exact) mass is 662 g/mol. The summed E-state index contributed by atoms with van der Waals surface area (Å²) >= 11 is 1.14. The van der Waals surface area contributed by atoms with Crippen molar-refractivity contribution in [2.45, 2.75) is 121 Å². The summed E-state index contributed by atoms with van der Waals surface area (Å²) in [5.41, 5.74) is -3.68. The van der Waals surface area contributed by atoms with Crippen molar-refractivity contribution in [1.29, 1.82) is 0 Å². The Balaban J connectivity index is 3.48. The van der Waals surface area contributed by atoms with E-state index >= 15 is 0 Å². The predicted molar refractivity (Wildman–Crippen MR) is 167 cm³/mol. The van der Waals surface area contributed by atoms with E-state index in [2.05, 4.69) is 0 Å². The first-order chi connectivity index (χ1) is 20.4. The van der Waals surface area contributed by atoms with Crippen molar-refractivity contribution in [2.75, 3.05) is 32.2 Å². The van der Waals surface area contributed by atoms with Crippen LogP contribution in [0.1, 0.15) is 90.0 Å². The van der Waals surface area contributed by atoms with Gasteiger partial charge < -0.3 is 33.2 Å². The number of rotatable bonds is 13. The van der Waals surface area contributed by atoms with Gasteiger partial charge in [-0.15, -0.1) is 0 Å². The SMILES string of the molecule is CC(=O)SCCOCCO[C@@H]1O[C@@H]([C@@H](COC(=O)C(C)(C)C)OC(=O)C(C)(C)C)[C@H](OC(=O)C(C)(C)C)[C@H]1OC(=O)C(C)(C)C. The average molecular weight is 663 g/mol. The number of carbonyl (C=O) groups excluding carboxylic acids is 5. The molecule has 45 heavy (non-hydrogen) atoms. The summed E-state index contributed by atoms with van der Waals surface area (Å²) in [5, 5.41) is -0.0190. The molecule has 0 unspecified atom stereocenters. The van der Waals surface area contributed by atoms with E-state index in [9.17, 15) is 24.0 Å². The van der Waals surface area contributed by atoms with Gasteiger partial charge in [0.2, 0.25) is 0 Å². The molecule has 1 aliphatic rings. The molecular weight excluding hydrogens is 608 g/mol. The summed E-state index contributed by atoms with van der Waals surface area (Å²) in [5.74, 6) is -1.93. The smallest absolute Gasteiger partial charge is 0.311 e. The summed E-state index contributed by atoms with van der Waals surface area (Å²) in [6.45, 7) is 21.5. The Morgan fingerprint density at radius 2 is 1.16 bits per heavy atom. The number of hydrogen-bond acceptors (Lipinski definition) is 13. The van der Waals surface area contributed by atoms with Crippen LogP contribution >= 0.6 is 11.8 Å². The van der Waals surface area contributed by atoms with Gasteiger partial charge in [0, 0.05) is 12.7 Å². The lowest BCUT2D eigenvalue weighted by molar-refractivity contribution is -0.208. The van der Waals surface area contributed by atoms with E-state index in [0.717, 1.165) is 11.8 Å². The van der Waals surface area contributed by atoms with Crippen molar-refractivity contribution in [3.63, 3.8) is 0 Å². The molecule has 0 radical (unpaired) electrons. The van der Waals surface area contributed by atoms with E-state index in [-0.39, 0.29) is 18.3 Å². The molecule has 1 heterocycles. The lowest BCUT2D eigenvalue weighted by Gasteiger charge is -2.32. The predicted octanol–water partition coefficient (Wildman–Crippen LogP) is 4.49. The van der Waals surface area contributed by atoms with Gasteiger partial charge >= 0.3 is 23.9 Å². The minimum Gasteiger partial charge on any atom is -0.461 e. The second-order valence-electron chi connectivity index (χ2n) is 15.1. The van der Waals surface area contributed by atoms with Crippen molar-refractivity contribution in [1.82, 2.24) is 0 Å². The van der Waals surface area contributed by atoms with Crippen LogP contribution in [-0.2, 0) is 57.1 Å². The van der Waals surface area contributed by atoms with Crippen LogP contribution in [0.25, 0.3) is 0 Å². The van der Waals surface area contributed by atoms with Crippen molar-refractivity contribution in [3.05, 3.63) is 0 Å². The maximum Gasteiger partial charge on any atom is 0.311 e. The van der Waals surface area contributed by atoms with E-state index in [0.29, 0.717) is 12.4 Å². The highest BCUT2D eigenvalue weighted by molar-refractivity contribution is 8.13. The van der Waals surface area contributed by atoms with Crippen LogP contribution in [0.15, 0.2) is 0 Å². The van der Waals surface area contributed by atoms with E-state index in [4.69, 9.17) is 33.2 Å². The summed E-state index contributed by atoms with van der Waals surface area (Å²) in [6.07, 6.45) is -6.33. The molecule has 0 aromatic carbocycles. The molecule has 0 spiro atoms. The number of esters is 4. The molecule has 0 aromatic rings. The molecule has 13 heteroatoms. The molecule has 0 saturated carbocycles. The molecule has 1 rings (SSSR count). The third-order valence-corrected chi connectivity index (χ3v) is 6.97. The van der Waals surface area contributed by atoms with Gasteiger partial charge in [-0.3, -0.25) is 24.0 Å². The molecule has 260 valence electrons. The Morgan fingerprint density at radius 3 is 1.62 bits per heavy atom. The Bertz CT molecular complexity index is 1030. The van der Waals surface area contributed by atoms with Gasteiger partial charge in [-0.05, 0) is 83.1 Å².